The highest BCUT2D eigenvalue weighted by molar-refractivity contribution is 7.12. The topological polar surface area (TPSA) is 60.0 Å². The average molecular weight is 312 g/mol. The number of rotatable bonds is 4. The fraction of sp³-hybridized carbons (Fsp3) is 0.643. The number of nitrogens with one attached hydrogen (secondary N) is 1. The van der Waals surface area contributed by atoms with E-state index in [1.165, 1.54) is 11.3 Å². The van der Waals surface area contributed by atoms with Crippen molar-refractivity contribution in [2.75, 3.05) is 40.0 Å². The van der Waals surface area contributed by atoms with E-state index in [2.05, 4.69) is 17.1 Å². The van der Waals surface area contributed by atoms with Gasteiger partial charge in [0.15, 0.2) is 11.5 Å². The van der Waals surface area contributed by atoms with E-state index in [0.29, 0.717) is 29.6 Å². The monoisotopic (exact) mass is 312 g/mol. The molecule has 0 radical (unpaired) electrons. The number of likely N-dealkylation sites (N-methyl/N-ethyl adjacent to an activating group) is 1. The Labute approximate surface area is 128 Å². The number of hydrogen-bond donors (Lipinski definition) is 1. The summed E-state index contributed by atoms with van der Waals surface area (Å²) in [4.78, 5) is 15.3. The first-order valence-electron chi connectivity index (χ1n) is 7.16. The predicted octanol–water partition coefficient (Wildman–Crippen LogP) is 0.968. The van der Waals surface area contributed by atoms with E-state index in [1.54, 1.807) is 7.11 Å². The van der Waals surface area contributed by atoms with Crippen LogP contribution in [0.3, 0.4) is 0 Å². The van der Waals surface area contributed by atoms with Crippen molar-refractivity contribution in [3.8, 4) is 11.5 Å². The molecule has 3 heterocycles. The molecule has 116 valence electrons. The summed E-state index contributed by atoms with van der Waals surface area (Å²) >= 11 is 1.36. The number of thiophene rings is 1. The average Bonchev–Trinajstić information content (AvgIpc) is 3.10. The number of amides is 1. The molecule has 0 bridgehead atoms. The van der Waals surface area contributed by atoms with Gasteiger partial charge in [0.25, 0.3) is 5.91 Å². The number of likely N-dealkylation sites (tertiary alicyclic amines) is 1. The zero-order chi connectivity index (χ0) is 14.8. The fourth-order valence-corrected chi connectivity index (χ4v) is 3.57. The summed E-state index contributed by atoms with van der Waals surface area (Å²) in [6.45, 7) is 5.74. The van der Waals surface area contributed by atoms with Gasteiger partial charge in [-0.25, -0.2) is 0 Å². The van der Waals surface area contributed by atoms with Gasteiger partial charge in [-0.15, -0.1) is 11.3 Å². The first-order valence-corrected chi connectivity index (χ1v) is 8.04. The van der Waals surface area contributed by atoms with E-state index in [1.807, 2.05) is 5.38 Å². The molecule has 21 heavy (non-hydrogen) atoms. The van der Waals surface area contributed by atoms with Crippen molar-refractivity contribution in [2.24, 2.45) is 0 Å². The molecule has 3 rings (SSSR count). The Hall–Kier alpha value is -1.31. The molecule has 1 saturated heterocycles. The van der Waals surface area contributed by atoms with Gasteiger partial charge in [-0.2, -0.15) is 0 Å². The molecule has 6 nitrogen and oxygen atoms in total. The second kappa shape index (κ2) is 6.21. The van der Waals surface area contributed by atoms with Crippen LogP contribution in [0.5, 0.6) is 11.5 Å². The summed E-state index contributed by atoms with van der Waals surface area (Å²) in [5, 5.41) is 4.89. The van der Waals surface area contributed by atoms with Gasteiger partial charge in [0.05, 0.1) is 12.1 Å². The largest absolute Gasteiger partial charge is 0.485 e. The smallest absolute Gasteiger partial charge is 0.265 e. The minimum atomic E-state index is -0.114. The molecule has 1 amide bonds. The van der Waals surface area contributed by atoms with Crippen molar-refractivity contribution in [1.29, 1.82) is 0 Å². The molecule has 0 unspecified atom stereocenters. The Balaban J connectivity index is 1.70. The van der Waals surface area contributed by atoms with Gasteiger partial charge >= 0.3 is 0 Å². The summed E-state index contributed by atoms with van der Waals surface area (Å²) in [5.41, 5.74) is 0. The summed E-state index contributed by atoms with van der Waals surface area (Å²) in [5.74, 6) is 1.13. The van der Waals surface area contributed by atoms with Crippen LogP contribution >= 0.6 is 11.3 Å². The van der Waals surface area contributed by atoms with Crippen LogP contribution in [0.2, 0.25) is 0 Å². The second-order valence-electron chi connectivity index (χ2n) is 5.16. The van der Waals surface area contributed by atoms with Gasteiger partial charge in [0.2, 0.25) is 0 Å². The van der Waals surface area contributed by atoms with Crippen LogP contribution in [0.4, 0.5) is 0 Å². The highest BCUT2D eigenvalue weighted by Crippen LogP contribution is 2.39. The molecule has 1 aromatic heterocycles. The van der Waals surface area contributed by atoms with Gasteiger partial charge in [-0.05, 0) is 6.54 Å². The van der Waals surface area contributed by atoms with Crippen LogP contribution in [-0.2, 0) is 4.74 Å². The number of carbonyl (C=O) groups excluding carboxylic acids is 1. The molecular formula is C14H20N2O4S. The first kappa shape index (κ1) is 14.6. The zero-order valence-corrected chi connectivity index (χ0v) is 13.1. The Morgan fingerprint density at radius 1 is 1.48 bits per heavy atom. The summed E-state index contributed by atoms with van der Waals surface area (Å²) in [6, 6.07) is 0.00436. The lowest BCUT2D eigenvalue weighted by atomic mass is 10.2. The van der Waals surface area contributed by atoms with Crippen molar-refractivity contribution in [2.45, 2.75) is 19.1 Å². The molecule has 0 spiro atoms. The van der Waals surface area contributed by atoms with E-state index >= 15 is 0 Å². The Morgan fingerprint density at radius 2 is 2.29 bits per heavy atom. The minimum Gasteiger partial charge on any atom is -0.485 e. The highest BCUT2D eigenvalue weighted by atomic mass is 32.1. The second-order valence-corrected chi connectivity index (χ2v) is 6.04. The standard InChI is InChI=1S/C14H20N2O4S/c1-3-16-6-9(10(7-16)18-2)15-14(17)13-12-11(8-21-13)19-4-5-20-12/h8-10H,3-7H2,1-2H3,(H,15,17)/t9-,10-/m1/s1. The van der Waals surface area contributed by atoms with Gasteiger partial charge in [-0.1, -0.05) is 6.92 Å². The number of nitrogens with zero attached hydrogens (tertiary/aromatic N) is 1. The molecule has 1 aromatic rings. The Morgan fingerprint density at radius 3 is 3.05 bits per heavy atom. The number of fused-ring (bicyclic) bond motifs is 1. The lowest BCUT2D eigenvalue weighted by molar-refractivity contribution is 0.0760. The molecule has 2 aliphatic rings. The summed E-state index contributed by atoms with van der Waals surface area (Å²) in [6.07, 6.45) is 0.0295. The van der Waals surface area contributed by atoms with Crippen molar-refractivity contribution in [3.63, 3.8) is 0 Å². The first-order chi connectivity index (χ1) is 10.2. The van der Waals surface area contributed by atoms with Crippen molar-refractivity contribution in [3.05, 3.63) is 10.3 Å². The van der Waals surface area contributed by atoms with E-state index in [4.69, 9.17) is 14.2 Å². The van der Waals surface area contributed by atoms with Crippen LogP contribution in [0.1, 0.15) is 16.6 Å². The SMILES string of the molecule is CCN1C[C@@H](NC(=O)c2scc3c2OCCO3)[C@H](OC)C1. The predicted molar refractivity (Wildman–Crippen MR) is 79.5 cm³/mol. The maximum absolute atomic E-state index is 12.5. The van der Waals surface area contributed by atoms with Gasteiger partial charge in [-0.3, -0.25) is 9.69 Å². The number of hydrogen-bond acceptors (Lipinski definition) is 6. The molecule has 2 aliphatic heterocycles. The van der Waals surface area contributed by atoms with E-state index in [0.717, 1.165) is 19.6 Å². The van der Waals surface area contributed by atoms with Crippen LogP contribution < -0.4 is 14.8 Å². The number of methoxy groups -OCH3 is 1. The third-order valence-electron chi connectivity index (χ3n) is 3.92. The van der Waals surface area contributed by atoms with E-state index < -0.39 is 0 Å². The molecule has 7 heteroatoms. The summed E-state index contributed by atoms with van der Waals surface area (Å²) < 4.78 is 16.5. The molecule has 1 N–H and O–H groups in total. The zero-order valence-electron chi connectivity index (χ0n) is 12.3. The molecule has 2 atom stereocenters. The lowest BCUT2D eigenvalue weighted by Gasteiger charge is -2.19. The van der Waals surface area contributed by atoms with Gasteiger partial charge in [0, 0.05) is 25.6 Å². The van der Waals surface area contributed by atoms with Gasteiger partial charge in [0.1, 0.15) is 18.1 Å². The van der Waals surface area contributed by atoms with E-state index in [-0.39, 0.29) is 18.1 Å². The van der Waals surface area contributed by atoms with Crippen LogP contribution in [0, 0.1) is 0 Å². The van der Waals surface area contributed by atoms with Crippen molar-refractivity contribution in [1.82, 2.24) is 10.2 Å². The maximum Gasteiger partial charge on any atom is 0.265 e. The minimum absolute atomic E-state index is 0.00436. The van der Waals surface area contributed by atoms with Crippen molar-refractivity contribution >= 4 is 17.2 Å². The third-order valence-corrected chi connectivity index (χ3v) is 4.85. The normalized spacial score (nSPS) is 25.0. The van der Waals surface area contributed by atoms with Crippen LogP contribution in [-0.4, -0.2) is 62.9 Å². The van der Waals surface area contributed by atoms with Crippen LogP contribution in [0.15, 0.2) is 5.38 Å². The molecule has 0 aromatic carbocycles. The highest BCUT2D eigenvalue weighted by Gasteiger charge is 2.34. The Bertz CT molecular complexity index is 519. The maximum atomic E-state index is 12.5. The lowest BCUT2D eigenvalue weighted by Crippen LogP contribution is -2.43. The van der Waals surface area contributed by atoms with Crippen molar-refractivity contribution < 1.29 is 19.0 Å². The quantitative estimate of drug-likeness (QED) is 0.898. The third kappa shape index (κ3) is 2.86. The fourth-order valence-electron chi connectivity index (χ4n) is 2.74. The van der Waals surface area contributed by atoms with Gasteiger partial charge < -0.3 is 19.5 Å². The Kier molecular flexibility index (Phi) is 4.32. The molecule has 1 fully saturated rings. The molecule has 0 aliphatic carbocycles. The number of ether oxygens (including phenoxy) is 3. The van der Waals surface area contributed by atoms with E-state index in [9.17, 15) is 4.79 Å². The summed E-state index contributed by atoms with van der Waals surface area (Å²) in [7, 11) is 1.69. The molecule has 0 saturated carbocycles. The van der Waals surface area contributed by atoms with Crippen LogP contribution in [0.25, 0.3) is 0 Å². The molecular weight excluding hydrogens is 292 g/mol. The number of carbonyl (C=O) groups is 1.